The van der Waals surface area contributed by atoms with Crippen molar-refractivity contribution in [3.8, 4) is 11.5 Å². The Kier molecular flexibility index (Phi) is 7.32. The van der Waals surface area contributed by atoms with Crippen molar-refractivity contribution in [1.82, 2.24) is 4.90 Å². The topological polar surface area (TPSA) is 143 Å². The molecule has 0 fully saturated rings. The highest BCUT2D eigenvalue weighted by atomic mass is 16.6. The van der Waals surface area contributed by atoms with E-state index in [0.29, 0.717) is 40.8 Å². The van der Waals surface area contributed by atoms with E-state index < -0.39 is 11.8 Å². The predicted octanol–water partition coefficient (Wildman–Crippen LogP) is 2.41. The van der Waals surface area contributed by atoms with Crippen molar-refractivity contribution in [2.75, 3.05) is 19.8 Å². The number of aromatic hydroxyl groups is 1. The van der Waals surface area contributed by atoms with Gasteiger partial charge in [-0.15, -0.1) is 0 Å². The number of amides is 1. The van der Waals surface area contributed by atoms with Gasteiger partial charge >= 0.3 is 5.97 Å². The number of nitrogens with one attached hydrogen (secondary N) is 1. The summed E-state index contributed by atoms with van der Waals surface area (Å²) in [7, 11) is 0. The SMILES string of the molecule is CCCc1c(OCC(=O)OCC)ccc(C(=O)CN2Cc3cc(C(=N)N)ccc3C2=O)c1O. The Labute approximate surface area is 191 Å². The van der Waals surface area contributed by atoms with E-state index in [1.54, 1.807) is 25.1 Å². The number of fused-ring (bicyclic) bond motifs is 1. The monoisotopic (exact) mass is 453 g/mol. The lowest BCUT2D eigenvalue weighted by molar-refractivity contribution is -0.145. The molecule has 2 aromatic carbocycles. The fourth-order valence-corrected chi connectivity index (χ4v) is 3.74. The summed E-state index contributed by atoms with van der Waals surface area (Å²) in [4.78, 5) is 38.7. The van der Waals surface area contributed by atoms with Crippen molar-refractivity contribution in [2.45, 2.75) is 33.2 Å². The minimum absolute atomic E-state index is 0.0788. The third-order valence-electron chi connectivity index (χ3n) is 5.32. The molecule has 1 aliphatic rings. The number of phenols is 1. The van der Waals surface area contributed by atoms with Gasteiger partial charge in [-0.3, -0.25) is 15.0 Å². The smallest absolute Gasteiger partial charge is 0.344 e. The molecule has 0 saturated carbocycles. The van der Waals surface area contributed by atoms with Gasteiger partial charge in [0.05, 0.1) is 18.7 Å². The van der Waals surface area contributed by atoms with E-state index in [-0.39, 0.29) is 49.4 Å². The number of hydrogen-bond donors (Lipinski definition) is 3. The molecular weight excluding hydrogens is 426 g/mol. The summed E-state index contributed by atoms with van der Waals surface area (Å²) in [5.74, 6) is -1.25. The summed E-state index contributed by atoms with van der Waals surface area (Å²) in [5.41, 5.74) is 7.69. The third-order valence-corrected chi connectivity index (χ3v) is 5.32. The van der Waals surface area contributed by atoms with Crippen LogP contribution in [-0.4, -0.2) is 53.3 Å². The van der Waals surface area contributed by atoms with Gasteiger partial charge in [0, 0.05) is 23.2 Å². The zero-order chi connectivity index (χ0) is 24.1. The molecule has 0 aromatic heterocycles. The zero-order valence-electron chi connectivity index (χ0n) is 18.6. The van der Waals surface area contributed by atoms with Crippen molar-refractivity contribution in [3.05, 3.63) is 58.1 Å². The molecule has 2 aromatic rings. The van der Waals surface area contributed by atoms with Crippen LogP contribution >= 0.6 is 0 Å². The molecular formula is C24H27N3O6. The number of esters is 1. The van der Waals surface area contributed by atoms with Crippen molar-refractivity contribution >= 4 is 23.5 Å². The second-order valence-corrected chi connectivity index (χ2v) is 7.65. The normalized spacial score (nSPS) is 12.4. The molecule has 0 bridgehead atoms. The number of carbonyl (C=O) groups is 3. The number of benzene rings is 2. The van der Waals surface area contributed by atoms with Gasteiger partial charge in [0.2, 0.25) is 0 Å². The summed E-state index contributed by atoms with van der Waals surface area (Å²) in [5, 5.41) is 18.3. The van der Waals surface area contributed by atoms with Crippen molar-refractivity contribution in [2.24, 2.45) is 5.73 Å². The first kappa shape index (κ1) is 23.8. The van der Waals surface area contributed by atoms with Gasteiger partial charge < -0.3 is 25.2 Å². The second-order valence-electron chi connectivity index (χ2n) is 7.65. The summed E-state index contributed by atoms with van der Waals surface area (Å²) >= 11 is 0. The van der Waals surface area contributed by atoms with Gasteiger partial charge in [-0.2, -0.15) is 0 Å². The number of nitrogens with zero attached hydrogens (tertiary/aromatic N) is 1. The van der Waals surface area contributed by atoms with Gasteiger partial charge in [0.25, 0.3) is 5.91 Å². The average molecular weight is 453 g/mol. The quantitative estimate of drug-likeness (QED) is 0.217. The van der Waals surface area contributed by atoms with Crippen LogP contribution in [0, 0.1) is 5.41 Å². The van der Waals surface area contributed by atoms with Gasteiger partial charge in [0.15, 0.2) is 12.4 Å². The first-order chi connectivity index (χ1) is 15.8. The molecule has 0 radical (unpaired) electrons. The minimum atomic E-state index is -0.528. The van der Waals surface area contributed by atoms with Gasteiger partial charge in [-0.1, -0.05) is 19.4 Å². The Morgan fingerprint density at radius 3 is 2.64 bits per heavy atom. The van der Waals surface area contributed by atoms with E-state index in [1.807, 2.05) is 6.92 Å². The van der Waals surface area contributed by atoms with Crippen LogP contribution in [0.1, 0.15) is 57.7 Å². The van der Waals surface area contributed by atoms with Gasteiger partial charge in [-0.05, 0) is 43.2 Å². The Hall–Kier alpha value is -3.88. The van der Waals surface area contributed by atoms with Crippen LogP contribution in [0.5, 0.6) is 11.5 Å². The highest BCUT2D eigenvalue weighted by Crippen LogP contribution is 2.34. The predicted molar refractivity (Wildman–Crippen MR) is 121 cm³/mol. The number of amidine groups is 1. The van der Waals surface area contributed by atoms with Gasteiger partial charge in [-0.25, -0.2) is 4.79 Å². The van der Waals surface area contributed by atoms with Gasteiger partial charge in [0.1, 0.15) is 17.3 Å². The number of rotatable bonds is 10. The summed E-state index contributed by atoms with van der Waals surface area (Å²) in [6, 6.07) is 7.84. The molecule has 33 heavy (non-hydrogen) atoms. The maximum absolute atomic E-state index is 13.0. The third kappa shape index (κ3) is 5.14. The van der Waals surface area contributed by atoms with Crippen LogP contribution in [0.4, 0.5) is 0 Å². The fourth-order valence-electron chi connectivity index (χ4n) is 3.74. The molecule has 4 N–H and O–H groups in total. The molecule has 0 unspecified atom stereocenters. The molecule has 1 heterocycles. The summed E-state index contributed by atoms with van der Waals surface area (Å²) < 4.78 is 10.4. The lowest BCUT2D eigenvalue weighted by Gasteiger charge is -2.17. The van der Waals surface area contributed by atoms with Crippen LogP contribution in [0.3, 0.4) is 0 Å². The van der Waals surface area contributed by atoms with Crippen molar-refractivity contribution in [1.29, 1.82) is 5.41 Å². The van der Waals surface area contributed by atoms with Crippen molar-refractivity contribution in [3.63, 3.8) is 0 Å². The molecule has 1 amide bonds. The number of carbonyl (C=O) groups excluding carboxylic acids is 3. The highest BCUT2D eigenvalue weighted by Gasteiger charge is 2.30. The first-order valence-corrected chi connectivity index (χ1v) is 10.7. The fraction of sp³-hybridized carbons (Fsp3) is 0.333. The van der Waals surface area contributed by atoms with E-state index >= 15 is 0 Å². The van der Waals surface area contributed by atoms with Crippen LogP contribution in [0.15, 0.2) is 30.3 Å². The molecule has 1 aliphatic heterocycles. The number of ether oxygens (including phenoxy) is 2. The lowest BCUT2D eigenvalue weighted by Crippen LogP contribution is -2.30. The molecule has 0 atom stereocenters. The molecule has 3 rings (SSSR count). The molecule has 9 nitrogen and oxygen atoms in total. The van der Waals surface area contributed by atoms with E-state index in [0.717, 1.165) is 0 Å². The first-order valence-electron chi connectivity index (χ1n) is 10.7. The van der Waals surface area contributed by atoms with E-state index in [1.165, 1.54) is 17.0 Å². The second kappa shape index (κ2) is 10.2. The summed E-state index contributed by atoms with van der Waals surface area (Å²) in [6.07, 6.45) is 1.12. The number of ketones is 1. The summed E-state index contributed by atoms with van der Waals surface area (Å²) in [6.45, 7) is 3.53. The number of nitrogens with two attached hydrogens (primary N) is 1. The van der Waals surface area contributed by atoms with Crippen molar-refractivity contribution < 1.29 is 29.0 Å². The van der Waals surface area contributed by atoms with E-state index in [4.69, 9.17) is 20.6 Å². The standard InChI is InChI=1S/C24H27N3O6/c1-3-5-18-20(33-13-21(29)32-4-2)9-8-17(22(18)30)19(28)12-27-11-15-10-14(23(25)26)6-7-16(15)24(27)31/h6-10,30H,3-5,11-13H2,1-2H3,(H3,25,26). The maximum Gasteiger partial charge on any atom is 0.344 e. The Morgan fingerprint density at radius 2 is 1.97 bits per heavy atom. The van der Waals surface area contributed by atoms with Crippen LogP contribution in [-0.2, 0) is 22.5 Å². The lowest BCUT2D eigenvalue weighted by atomic mass is 10.0. The number of phenolic OH excluding ortho intramolecular Hbond substituents is 1. The number of Topliss-reactive ketones (excluding diaryl/α,β-unsaturated/α-hetero) is 1. The van der Waals surface area contributed by atoms with E-state index in [2.05, 4.69) is 0 Å². The zero-order valence-corrected chi connectivity index (χ0v) is 18.6. The van der Waals surface area contributed by atoms with Crippen LogP contribution < -0.4 is 10.5 Å². The maximum atomic E-state index is 13.0. The average Bonchev–Trinajstić information content (AvgIpc) is 3.08. The molecule has 0 spiro atoms. The Balaban J connectivity index is 1.78. The van der Waals surface area contributed by atoms with Crippen LogP contribution in [0.2, 0.25) is 0 Å². The van der Waals surface area contributed by atoms with E-state index in [9.17, 15) is 19.5 Å². The number of hydrogen-bond acceptors (Lipinski definition) is 7. The minimum Gasteiger partial charge on any atom is -0.507 e. The van der Waals surface area contributed by atoms with Crippen LogP contribution in [0.25, 0.3) is 0 Å². The number of nitrogen functional groups attached to an aromatic ring is 1. The largest absolute Gasteiger partial charge is 0.507 e. The molecule has 174 valence electrons. The highest BCUT2D eigenvalue weighted by molar-refractivity contribution is 6.06. The molecule has 0 saturated heterocycles. The molecule has 9 heteroatoms. The Bertz CT molecular complexity index is 1110. The molecule has 0 aliphatic carbocycles. The Morgan fingerprint density at radius 1 is 1.21 bits per heavy atom.